The van der Waals surface area contributed by atoms with Gasteiger partial charge in [-0.15, -0.1) is 0 Å². The largest absolute Gasteiger partial charge is 0.504 e. The highest BCUT2D eigenvalue weighted by Crippen LogP contribution is 2.40. The molecular weight excluding hydrogens is 230 g/mol. The first-order valence-electron chi connectivity index (χ1n) is 4.84. The maximum Gasteiger partial charge on any atom is 0.165 e. The summed E-state index contributed by atoms with van der Waals surface area (Å²) in [5.74, 6) is 0.509. The normalized spacial score (nSPS) is 10.6. The second-order valence-corrected chi connectivity index (χ2v) is 3.83. The van der Waals surface area contributed by atoms with Crippen molar-refractivity contribution in [3.8, 4) is 11.5 Å². The monoisotopic (exact) mass is 245 g/mol. The minimum Gasteiger partial charge on any atom is -0.504 e. The first-order chi connectivity index (χ1) is 7.54. The minimum absolute atomic E-state index is 0.103. The Bertz CT molecular complexity index is 394. The number of rotatable bonds is 4. The van der Waals surface area contributed by atoms with Gasteiger partial charge in [-0.3, -0.25) is 0 Å². The summed E-state index contributed by atoms with van der Waals surface area (Å²) in [5.41, 5.74) is 4.90. The van der Waals surface area contributed by atoms with E-state index in [0.29, 0.717) is 22.9 Å². The number of phenolic OH excluding ortho intramolecular Hbond substituents is 1. The average Bonchev–Trinajstić information content (AvgIpc) is 2.27. The number of hydrogen-bond acceptors (Lipinski definition) is 4. The topological polar surface area (TPSA) is 50.7 Å². The highest BCUT2D eigenvalue weighted by atomic mass is 35.5. The van der Waals surface area contributed by atoms with Crippen LogP contribution in [0.5, 0.6) is 11.5 Å². The van der Waals surface area contributed by atoms with Crippen LogP contribution in [0, 0.1) is 13.8 Å². The Morgan fingerprint density at radius 2 is 1.88 bits per heavy atom. The first kappa shape index (κ1) is 13.1. The highest BCUT2D eigenvalue weighted by Gasteiger charge is 2.18. The SMILES string of the molecule is CONCc1c(C)c(Cl)c(C)c(OC)c1O. The van der Waals surface area contributed by atoms with Gasteiger partial charge in [0.2, 0.25) is 0 Å². The molecule has 0 unspecified atom stereocenters. The van der Waals surface area contributed by atoms with Crippen LogP contribution in [-0.4, -0.2) is 19.3 Å². The molecule has 0 aromatic heterocycles. The molecule has 0 amide bonds. The van der Waals surface area contributed by atoms with Crippen LogP contribution in [0.15, 0.2) is 0 Å². The number of nitrogens with one attached hydrogen (secondary N) is 1. The smallest absolute Gasteiger partial charge is 0.165 e. The molecule has 0 atom stereocenters. The molecule has 2 N–H and O–H groups in total. The minimum atomic E-state index is 0.103. The quantitative estimate of drug-likeness (QED) is 0.800. The van der Waals surface area contributed by atoms with E-state index >= 15 is 0 Å². The van der Waals surface area contributed by atoms with Crippen molar-refractivity contribution in [1.29, 1.82) is 0 Å². The van der Waals surface area contributed by atoms with E-state index in [4.69, 9.17) is 21.2 Å². The average molecular weight is 246 g/mol. The van der Waals surface area contributed by atoms with E-state index in [2.05, 4.69) is 5.48 Å². The molecule has 0 saturated heterocycles. The zero-order chi connectivity index (χ0) is 12.3. The fourth-order valence-electron chi connectivity index (χ4n) is 1.62. The summed E-state index contributed by atoms with van der Waals surface area (Å²) in [6.07, 6.45) is 0. The van der Waals surface area contributed by atoms with Gasteiger partial charge >= 0.3 is 0 Å². The summed E-state index contributed by atoms with van der Waals surface area (Å²) in [7, 11) is 3.01. The van der Waals surface area contributed by atoms with Gasteiger partial charge in [-0.25, -0.2) is 0 Å². The number of phenols is 1. The Hall–Kier alpha value is -0.970. The van der Waals surface area contributed by atoms with Crippen LogP contribution in [-0.2, 0) is 11.4 Å². The molecule has 0 radical (unpaired) electrons. The second kappa shape index (κ2) is 5.39. The molecule has 1 aromatic rings. The van der Waals surface area contributed by atoms with Crippen molar-refractivity contribution in [2.75, 3.05) is 14.2 Å². The second-order valence-electron chi connectivity index (χ2n) is 3.45. The Labute approximate surface area is 100 Å². The molecule has 16 heavy (non-hydrogen) atoms. The number of aromatic hydroxyl groups is 1. The van der Waals surface area contributed by atoms with E-state index in [0.717, 1.165) is 11.1 Å². The zero-order valence-electron chi connectivity index (χ0n) is 9.85. The molecule has 0 saturated carbocycles. The lowest BCUT2D eigenvalue weighted by molar-refractivity contribution is 0.0859. The van der Waals surface area contributed by atoms with Crippen LogP contribution in [0.1, 0.15) is 16.7 Å². The van der Waals surface area contributed by atoms with Crippen molar-refractivity contribution < 1.29 is 14.7 Å². The van der Waals surface area contributed by atoms with Gasteiger partial charge in [-0.05, 0) is 19.4 Å². The lowest BCUT2D eigenvalue weighted by atomic mass is 10.0. The van der Waals surface area contributed by atoms with Crippen molar-refractivity contribution in [1.82, 2.24) is 5.48 Å². The lowest BCUT2D eigenvalue weighted by Crippen LogP contribution is -2.12. The molecule has 1 aromatic carbocycles. The Morgan fingerprint density at radius 3 is 2.38 bits per heavy atom. The van der Waals surface area contributed by atoms with Gasteiger partial charge < -0.3 is 14.7 Å². The van der Waals surface area contributed by atoms with E-state index in [-0.39, 0.29) is 5.75 Å². The van der Waals surface area contributed by atoms with Gasteiger partial charge in [-0.2, -0.15) is 5.48 Å². The summed E-state index contributed by atoms with van der Waals surface area (Å²) in [6, 6.07) is 0. The number of methoxy groups -OCH3 is 1. The van der Waals surface area contributed by atoms with Crippen LogP contribution in [0.2, 0.25) is 5.02 Å². The number of hydrogen-bond donors (Lipinski definition) is 2. The fraction of sp³-hybridized carbons (Fsp3) is 0.455. The Kier molecular flexibility index (Phi) is 4.41. The van der Waals surface area contributed by atoms with Crippen molar-refractivity contribution in [3.05, 3.63) is 21.7 Å². The standard InChI is InChI=1S/C11H16ClNO3/c1-6-8(5-13-16-4)10(14)11(15-3)7(2)9(6)12/h13-14H,5H2,1-4H3. The van der Waals surface area contributed by atoms with E-state index in [1.165, 1.54) is 14.2 Å². The molecule has 0 heterocycles. The summed E-state index contributed by atoms with van der Waals surface area (Å²) >= 11 is 6.16. The van der Waals surface area contributed by atoms with E-state index in [9.17, 15) is 5.11 Å². The highest BCUT2D eigenvalue weighted by molar-refractivity contribution is 6.32. The van der Waals surface area contributed by atoms with Crippen LogP contribution in [0.25, 0.3) is 0 Å². The molecule has 0 spiro atoms. The molecule has 90 valence electrons. The Balaban J connectivity index is 3.31. The van der Waals surface area contributed by atoms with E-state index < -0.39 is 0 Å². The molecule has 0 bridgehead atoms. The lowest BCUT2D eigenvalue weighted by Gasteiger charge is -2.16. The molecule has 4 nitrogen and oxygen atoms in total. The van der Waals surface area contributed by atoms with Crippen LogP contribution >= 0.6 is 11.6 Å². The third kappa shape index (κ3) is 2.24. The fourth-order valence-corrected chi connectivity index (χ4v) is 1.82. The third-order valence-corrected chi connectivity index (χ3v) is 3.12. The van der Waals surface area contributed by atoms with Crippen molar-refractivity contribution in [3.63, 3.8) is 0 Å². The third-order valence-electron chi connectivity index (χ3n) is 2.55. The van der Waals surface area contributed by atoms with Gasteiger partial charge in [0.1, 0.15) is 0 Å². The van der Waals surface area contributed by atoms with E-state index in [1.54, 1.807) is 6.92 Å². The number of hydroxylamine groups is 1. The van der Waals surface area contributed by atoms with Crippen LogP contribution in [0.3, 0.4) is 0 Å². The van der Waals surface area contributed by atoms with E-state index in [1.807, 2.05) is 6.92 Å². The predicted molar refractivity (Wildman–Crippen MR) is 63.0 cm³/mol. The summed E-state index contributed by atoms with van der Waals surface area (Å²) in [6.45, 7) is 4.02. The van der Waals surface area contributed by atoms with Gasteiger partial charge in [0.25, 0.3) is 0 Å². The zero-order valence-corrected chi connectivity index (χ0v) is 10.6. The summed E-state index contributed by atoms with van der Waals surface area (Å²) in [4.78, 5) is 4.75. The predicted octanol–water partition coefficient (Wildman–Crippen LogP) is 2.32. The van der Waals surface area contributed by atoms with Crippen molar-refractivity contribution in [2.45, 2.75) is 20.4 Å². The van der Waals surface area contributed by atoms with Crippen molar-refractivity contribution >= 4 is 11.6 Å². The molecule has 0 fully saturated rings. The van der Waals surface area contributed by atoms with Gasteiger partial charge in [0, 0.05) is 11.1 Å². The van der Waals surface area contributed by atoms with Crippen molar-refractivity contribution in [2.24, 2.45) is 0 Å². The number of benzene rings is 1. The number of ether oxygens (including phenoxy) is 1. The Morgan fingerprint density at radius 1 is 1.25 bits per heavy atom. The maximum absolute atomic E-state index is 10.0. The summed E-state index contributed by atoms with van der Waals surface area (Å²) in [5, 5.41) is 10.6. The molecule has 0 aliphatic rings. The van der Waals surface area contributed by atoms with Gasteiger partial charge in [-0.1, -0.05) is 11.6 Å². The molecule has 0 aliphatic heterocycles. The first-order valence-corrected chi connectivity index (χ1v) is 5.22. The van der Waals surface area contributed by atoms with Crippen LogP contribution < -0.4 is 10.2 Å². The van der Waals surface area contributed by atoms with Crippen LogP contribution in [0.4, 0.5) is 0 Å². The van der Waals surface area contributed by atoms with Gasteiger partial charge in [0.15, 0.2) is 11.5 Å². The molecule has 1 rings (SSSR count). The maximum atomic E-state index is 10.0. The molecular formula is C11H16ClNO3. The molecule has 0 aliphatic carbocycles. The molecule has 5 heteroatoms. The summed E-state index contributed by atoms with van der Waals surface area (Å²) < 4.78 is 5.13. The van der Waals surface area contributed by atoms with Gasteiger partial charge in [0.05, 0.1) is 25.8 Å². The number of halogens is 1.